The topological polar surface area (TPSA) is 35.5 Å². The molecule has 0 spiro atoms. The molecule has 38 heavy (non-hydrogen) atoms. The van der Waals surface area contributed by atoms with Crippen molar-refractivity contribution in [1.29, 1.82) is 0 Å². The molecule has 0 saturated heterocycles. The number of unbranched alkanes of at least 4 members (excludes halogenated alkanes) is 10. The first-order chi connectivity index (χ1) is 18.5. The van der Waals surface area contributed by atoms with Crippen LogP contribution in [0, 0.1) is 23.6 Å². The lowest BCUT2D eigenvalue weighted by molar-refractivity contribution is 0.0437. The highest BCUT2D eigenvalue weighted by Crippen LogP contribution is 2.16. The molecule has 0 N–H and O–H groups in total. The van der Waals surface area contributed by atoms with Crippen LogP contribution < -0.4 is 4.74 Å². The molecule has 0 aromatic heterocycles. The fraction of sp³-hybridized carbons (Fsp3) is 0.559. The molecule has 0 fully saturated rings. The second-order valence-corrected chi connectivity index (χ2v) is 10.3. The number of rotatable bonds is 18. The molecule has 0 bridgehead atoms. The molecule has 0 aliphatic carbocycles. The van der Waals surface area contributed by atoms with Crippen LogP contribution in [0.5, 0.6) is 5.75 Å². The highest BCUT2D eigenvalue weighted by molar-refractivity contribution is 5.89. The van der Waals surface area contributed by atoms with Crippen molar-refractivity contribution in [3.63, 3.8) is 0 Å². The number of carbonyl (C=O) groups is 1. The van der Waals surface area contributed by atoms with Crippen LogP contribution in [0.25, 0.3) is 0 Å². The lowest BCUT2D eigenvalue weighted by Crippen LogP contribution is -2.13. The molecule has 2 rings (SSSR count). The molecule has 0 radical (unpaired) electrons. The predicted molar refractivity (Wildman–Crippen MR) is 155 cm³/mol. The number of hydrogen-bond acceptors (Lipinski definition) is 3. The minimum absolute atomic E-state index is 0.0493. The molecular formula is C34H47FO3. The van der Waals surface area contributed by atoms with Gasteiger partial charge in [0.05, 0.1) is 18.8 Å². The van der Waals surface area contributed by atoms with Crippen LogP contribution in [-0.4, -0.2) is 19.2 Å². The summed E-state index contributed by atoms with van der Waals surface area (Å²) in [4.78, 5) is 12.3. The minimum Gasteiger partial charge on any atom is -0.494 e. The first-order valence-electron chi connectivity index (χ1n) is 14.7. The van der Waals surface area contributed by atoms with E-state index in [1.54, 1.807) is 6.07 Å². The third-order valence-electron chi connectivity index (χ3n) is 6.71. The zero-order valence-corrected chi connectivity index (χ0v) is 23.8. The van der Waals surface area contributed by atoms with Crippen LogP contribution in [0.4, 0.5) is 4.39 Å². The minimum atomic E-state index is -0.620. The van der Waals surface area contributed by atoms with Crippen molar-refractivity contribution in [3.8, 4) is 17.6 Å². The van der Waals surface area contributed by atoms with Crippen LogP contribution >= 0.6 is 0 Å². The Balaban J connectivity index is 1.74. The van der Waals surface area contributed by atoms with Crippen LogP contribution in [0.1, 0.15) is 126 Å². The third-order valence-corrected chi connectivity index (χ3v) is 6.71. The molecule has 2 aromatic rings. The average Bonchev–Trinajstić information content (AvgIpc) is 2.92. The van der Waals surface area contributed by atoms with E-state index in [0.717, 1.165) is 37.2 Å². The molecule has 4 heteroatoms. The van der Waals surface area contributed by atoms with Gasteiger partial charge in [-0.2, -0.15) is 0 Å². The van der Waals surface area contributed by atoms with Crippen LogP contribution in [-0.2, 0) is 4.74 Å². The lowest BCUT2D eigenvalue weighted by atomic mass is 10.0. The van der Waals surface area contributed by atoms with E-state index in [-0.39, 0.29) is 11.5 Å². The van der Waals surface area contributed by atoms with E-state index < -0.39 is 11.8 Å². The largest absolute Gasteiger partial charge is 0.494 e. The second-order valence-electron chi connectivity index (χ2n) is 10.3. The molecular weight excluding hydrogens is 475 g/mol. The summed E-state index contributed by atoms with van der Waals surface area (Å²) in [6, 6.07) is 12.0. The van der Waals surface area contributed by atoms with Crippen molar-refractivity contribution in [2.75, 3.05) is 13.2 Å². The number of benzene rings is 2. The lowest BCUT2D eigenvalue weighted by Gasteiger charge is -2.12. The monoisotopic (exact) mass is 522 g/mol. The number of halogens is 1. The summed E-state index contributed by atoms with van der Waals surface area (Å²) in [5.41, 5.74) is 1.28. The molecule has 0 amide bonds. The molecule has 0 heterocycles. The Bertz CT molecular complexity index is 987. The summed E-state index contributed by atoms with van der Waals surface area (Å²) >= 11 is 0. The Morgan fingerprint density at radius 2 is 1.37 bits per heavy atom. The summed E-state index contributed by atoms with van der Waals surface area (Å²) in [5, 5.41) is 0. The van der Waals surface area contributed by atoms with Gasteiger partial charge in [-0.25, -0.2) is 9.18 Å². The number of carbonyl (C=O) groups excluding carboxylic acids is 1. The Morgan fingerprint density at radius 3 is 2.03 bits per heavy atom. The highest BCUT2D eigenvalue weighted by atomic mass is 19.1. The Kier molecular flexibility index (Phi) is 16.0. The standard InChI is InChI=1S/C34H47FO3/c1-4-6-8-10-11-12-13-15-25-37-31-22-19-29(20-23-31)17-18-30-21-24-32(33(35)26-30)34(36)38-27-28(3)16-14-9-7-5-2/h19-24,26,28H,4-16,25,27H2,1-3H3/t28-/m0/s1. The fourth-order valence-corrected chi connectivity index (χ4v) is 4.26. The number of hydrogen-bond donors (Lipinski definition) is 0. The van der Waals surface area contributed by atoms with Crippen molar-refractivity contribution in [2.45, 2.75) is 104 Å². The Hall–Kier alpha value is -2.80. The second kappa shape index (κ2) is 19.3. The van der Waals surface area contributed by atoms with E-state index in [2.05, 4.69) is 32.6 Å². The summed E-state index contributed by atoms with van der Waals surface area (Å²) in [6.45, 7) is 7.53. The average molecular weight is 523 g/mol. The van der Waals surface area contributed by atoms with E-state index >= 15 is 0 Å². The van der Waals surface area contributed by atoms with Crippen molar-refractivity contribution in [1.82, 2.24) is 0 Å². The van der Waals surface area contributed by atoms with Gasteiger partial charge in [-0.3, -0.25) is 0 Å². The van der Waals surface area contributed by atoms with Gasteiger partial charge in [-0.15, -0.1) is 0 Å². The molecule has 1 atom stereocenters. The molecule has 3 nitrogen and oxygen atoms in total. The first-order valence-corrected chi connectivity index (χ1v) is 14.7. The van der Waals surface area contributed by atoms with Crippen molar-refractivity contribution >= 4 is 5.97 Å². The fourth-order valence-electron chi connectivity index (χ4n) is 4.26. The van der Waals surface area contributed by atoms with Crippen LogP contribution in [0.2, 0.25) is 0 Å². The Morgan fingerprint density at radius 1 is 0.789 bits per heavy atom. The first kappa shape index (κ1) is 31.4. The smallest absolute Gasteiger partial charge is 0.341 e. The molecule has 0 unspecified atom stereocenters. The molecule has 0 aliphatic heterocycles. The number of ether oxygens (including phenoxy) is 2. The predicted octanol–water partition coefficient (Wildman–Crippen LogP) is 9.51. The SMILES string of the molecule is CCCCCCCCCCOc1ccc(C#Cc2ccc(C(=O)OC[C@@H](C)CCCCCC)c(F)c2)cc1. The van der Waals surface area contributed by atoms with Gasteiger partial charge < -0.3 is 9.47 Å². The summed E-state index contributed by atoms with van der Waals surface area (Å²) in [7, 11) is 0. The van der Waals surface area contributed by atoms with Gasteiger partial charge in [-0.05, 0) is 61.2 Å². The highest BCUT2D eigenvalue weighted by Gasteiger charge is 2.15. The normalized spacial score (nSPS) is 11.5. The molecule has 0 saturated carbocycles. The van der Waals surface area contributed by atoms with Crippen molar-refractivity contribution in [3.05, 3.63) is 65.0 Å². The third kappa shape index (κ3) is 13.1. The van der Waals surface area contributed by atoms with Gasteiger partial charge in [0, 0.05) is 11.1 Å². The number of esters is 1. The maximum atomic E-state index is 14.6. The van der Waals surface area contributed by atoms with Gasteiger partial charge >= 0.3 is 5.97 Å². The van der Waals surface area contributed by atoms with Crippen LogP contribution in [0.3, 0.4) is 0 Å². The van der Waals surface area contributed by atoms with E-state index in [9.17, 15) is 9.18 Å². The molecule has 208 valence electrons. The van der Waals surface area contributed by atoms with Crippen LogP contribution in [0.15, 0.2) is 42.5 Å². The maximum Gasteiger partial charge on any atom is 0.341 e. The zero-order valence-electron chi connectivity index (χ0n) is 23.8. The van der Waals surface area contributed by atoms with Crippen molar-refractivity contribution in [2.24, 2.45) is 5.92 Å². The van der Waals surface area contributed by atoms with E-state index in [0.29, 0.717) is 12.2 Å². The maximum absolute atomic E-state index is 14.6. The summed E-state index contributed by atoms with van der Waals surface area (Å²) < 4.78 is 25.8. The zero-order chi connectivity index (χ0) is 27.4. The molecule has 2 aromatic carbocycles. The van der Waals surface area contributed by atoms with Gasteiger partial charge in [0.2, 0.25) is 0 Å². The summed E-state index contributed by atoms with van der Waals surface area (Å²) in [5.74, 6) is 5.90. The van der Waals surface area contributed by atoms with E-state index in [4.69, 9.17) is 9.47 Å². The van der Waals surface area contributed by atoms with Gasteiger partial charge in [-0.1, -0.05) is 103 Å². The Labute approximate surface area is 230 Å². The van der Waals surface area contributed by atoms with E-state index in [1.165, 1.54) is 76.3 Å². The van der Waals surface area contributed by atoms with E-state index in [1.807, 2.05) is 24.3 Å². The van der Waals surface area contributed by atoms with Gasteiger partial charge in [0.15, 0.2) is 0 Å². The van der Waals surface area contributed by atoms with Crippen molar-refractivity contribution < 1.29 is 18.7 Å². The quantitative estimate of drug-likeness (QED) is 0.111. The van der Waals surface area contributed by atoms with Gasteiger partial charge in [0.25, 0.3) is 0 Å². The molecule has 0 aliphatic rings. The summed E-state index contributed by atoms with van der Waals surface area (Å²) in [6.07, 6.45) is 16.0. The van der Waals surface area contributed by atoms with Gasteiger partial charge in [0.1, 0.15) is 11.6 Å².